The lowest BCUT2D eigenvalue weighted by molar-refractivity contribution is 0.1000. The number of nitrogens with two attached hydrogens (primary N) is 1. The Labute approximate surface area is 118 Å². The number of primary amides is 1. The minimum Gasteiger partial charge on any atom is -0.488 e. The molecule has 0 heterocycles. The number of hydrogen-bond acceptors (Lipinski definition) is 2. The van der Waals surface area contributed by atoms with Crippen molar-refractivity contribution in [2.45, 2.75) is 6.61 Å². The average molecular weight is 324 g/mol. The van der Waals surface area contributed by atoms with Gasteiger partial charge in [0.05, 0.1) is 4.47 Å². The lowest BCUT2D eigenvalue weighted by Crippen LogP contribution is -2.12. The molecular formula is C14H11BrFNO2. The summed E-state index contributed by atoms with van der Waals surface area (Å²) in [5.74, 6) is -0.425. The van der Waals surface area contributed by atoms with Crippen molar-refractivity contribution in [3.63, 3.8) is 0 Å². The Morgan fingerprint density at radius 3 is 2.68 bits per heavy atom. The summed E-state index contributed by atoms with van der Waals surface area (Å²) in [7, 11) is 0. The van der Waals surface area contributed by atoms with E-state index in [0.717, 1.165) is 4.47 Å². The molecule has 0 aromatic heterocycles. The molecule has 1 amide bonds. The molecule has 98 valence electrons. The van der Waals surface area contributed by atoms with Crippen LogP contribution in [0.15, 0.2) is 46.9 Å². The molecule has 5 heteroatoms. The lowest BCUT2D eigenvalue weighted by Gasteiger charge is -2.09. The van der Waals surface area contributed by atoms with Crippen LogP contribution < -0.4 is 10.5 Å². The summed E-state index contributed by atoms with van der Waals surface area (Å²) < 4.78 is 19.9. The molecule has 0 aliphatic heterocycles. The first-order valence-electron chi connectivity index (χ1n) is 5.53. The van der Waals surface area contributed by atoms with Crippen molar-refractivity contribution in [1.82, 2.24) is 0 Å². The van der Waals surface area contributed by atoms with Gasteiger partial charge in [0.15, 0.2) is 0 Å². The molecule has 0 fully saturated rings. The Balaban J connectivity index is 2.17. The number of benzene rings is 2. The highest BCUT2D eigenvalue weighted by Gasteiger charge is 2.08. The van der Waals surface area contributed by atoms with Crippen LogP contribution in [0.4, 0.5) is 4.39 Å². The molecule has 2 N–H and O–H groups in total. The molecule has 3 nitrogen and oxygen atoms in total. The molecule has 0 bridgehead atoms. The number of rotatable bonds is 4. The van der Waals surface area contributed by atoms with E-state index in [0.29, 0.717) is 5.75 Å². The Morgan fingerprint density at radius 1 is 1.26 bits per heavy atom. The zero-order chi connectivity index (χ0) is 13.8. The molecule has 2 aromatic rings. The predicted molar refractivity (Wildman–Crippen MR) is 73.4 cm³/mol. The fourth-order valence-electron chi connectivity index (χ4n) is 1.56. The van der Waals surface area contributed by atoms with Crippen molar-refractivity contribution in [3.8, 4) is 5.75 Å². The van der Waals surface area contributed by atoms with Crippen molar-refractivity contribution >= 4 is 21.8 Å². The molecule has 2 aromatic carbocycles. The van der Waals surface area contributed by atoms with Crippen LogP contribution in [-0.4, -0.2) is 5.91 Å². The third kappa shape index (κ3) is 3.32. The van der Waals surface area contributed by atoms with Gasteiger partial charge in [-0.25, -0.2) is 4.39 Å². The van der Waals surface area contributed by atoms with E-state index in [2.05, 4.69) is 15.9 Å². The quantitative estimate of drug-likeness (QED) is 0.938. The van der Waals surface area contributed by atoms with Gasteiger partial charge in [0.25, 0.3) is 0 Å². The van der Waals surface area contributed by atoms with Crippen LogP contribution in [0.25, 0.3) is 0 Å². The van der Waals surface area contributed by atoms with Crippen LogP contribution in [0.5, 0.6) is 5.75 Å². The Morgan fingerprint density at radius 2 is 2.00 bits per heavy atom. The molecule has 0 radical (unpaired) electrons. The average Bonchev–Trinajstić information content (AvgIpc) is 2.39. The van der Waals surface area contributed by atoms with Crippen LogP contribution in [0.1, 0.15) is 15.9 Å². The van der Waals surface area contributed by atoms with Crippen LogP contribution in [0.2, 0.25) is 0 Å². The minimum absolute atomic E-state index is 0.0234. The maximum Gasteiger partial charge on any atom is 0.248 e. The van der Waals surface area contributed by atoms with Crippen molar-refractivity contribution in [1.29, 1.82) is 0 Å². The van der Waals surface area contributed by atoms with Crippen molar-refractivity contribution < 1.29 is 13.9 Å². The number of para-hydroxylation sites is 1. The molecule has 0 spiro atoms. The summed E-state index contributed by atoms with van der Waals surface area (Å²) in [5, 5.41) is 0. The van der Waals surface area contributed by atoms with E-state index in [1.54, 1.807) is 6.07 Å². The molecule has 2 rings (SSSR count). The number of ether oxygens (including phenoxy) is 1. The molecule has 0 aliphatic rings. The first-order valence-corrected chi connectivity index (χ1v) is 6.33. The molecule has 0 aliphatic carbocycles. The van der Waals surface area contributed by atoms with Gasteiger partial charge in [-0.2, -0.15) is 0 Å². The van der Waals surface area contributed by atoms with Gasteiger partial charge < -0.3 is 10.5 Å². The Kier molecular flexibility index (Phi) is 4.16. The number of hydrogen-bond donors (Lipinski definition) is 1. The second kappa shape index (κ2) is 5.84. The number of carbonyl (C=O) groups excluding carboxylic acids is 1. The molecule has 0 saturated heterocycles. The molecule has 0 unspecified atom stereocenters. The topological polar surface area (TPSA) is 52.3 Å². The van der Waals surface area contributed by atoms with Gasteiger partial charge >= 0.3 is 0 Å². The van der Waals surface area contributed by atoms with E-state index < -0.39 is 11.7 Å². The number of amides is 1. The molecular weight excluding hydrogens is 313 g/mol. The van der Waals surface area contributed by atoms with Gasteiger partial charge in [-0.3, -0.25) is 4.79 Å². The zero-order valence-electron chi connectivity index (χ0n) is 9.90. The van der Waals surface area contributed by atoms with Crippen LogP contribution in [0, 0.1) is 5.82 Å². The highest BCUT2D eigenvalue weighted by Crippen LogP contribution is 2.25. The normalized spacial score (nSPS) is 10.2. The smallest absolute Gasteiger partial charge is 0.248 e. The SMILES string of the molecule is NC(=O)c1ccc(F)c(COc2ccccc2Br)c1. The third-order valence-corrected chi connectivity index (χ3v) is 3.21. The van der Waals surface area contributed by atoms with E-state index >= 15 is 0 Å². The summed E-state index contributed by atoms with van der Waals surface area (Å²) in [6, 6.07) is 11.2. The Bertz CT molecular complexity index is 616. The van der Waals surface area contributed by atoms with Crippen LogP contribution >= 0.6 is 15.9 Å². The standard InChI is InChI=1S/C14H11BrFNO2/c15-11-3-1-2-4-13(11)19-8-10-7-9(14(17)18)5-6-12(10)16/h1-7H,8H2,(H2,17,18). The van der Waals surface area contributed by atoms with Crippen molar-refractivity contribution in [3.05, 3.63) is 63.9 Å². The van der Waals surface area contributed by atoms with Crippen molar-refractivity contribution in [2.24, 2.45) is 5.73 Å². The maximum absolute atomic E-state index is 13.6. The summed E-state index contributed by atoms with van der Waals surface area (Å²) in [6.45, 7) is 0.0234. The third-order valence-electron chi connectivity index (χ3n) is 2.55. The summed E-state index contributed by atoms with van der Waals surface area (Å²) >= 11 is 3.33. The van der Waals surface area contributed by atoms with E-state index in [-0.39, 0.29) is 17.7 Å². The maximum atomic E-state index is 13.6. The van der Waals surface area contributed by atoms with Gasteiger partial charge in [0.1, 0.15) is 18.2 Å². The van der Waals surface area contributed by atoms with E-state index in [9.17, 15) is 9.18 Å². The molecule has 19 heavy (non-hydrogen) atoms. The number of carbonyl (C=O) groups is 1. The van der Waals surface area contributed by atoms with Crippen molar-refractivity contribution in [2.75, 3.05) is 0 Å². The minimum atomic E-state index is -0.595. The van der Waals surface area contributed by atoms with Gasteiger partial charge in [-0.1, -0.05) is 12.1 Å². The summed E-state index contributed by atoms with van der Waals surface area (Å²) in [5.41, 5.74) is 5.70. The van der Waals surface area contributed by atoms with E-state index in [1.807, 2.05) is 18.2 Å². The largest absolute Gasteiger partial charge is 0.488 e. The van der Waals surface area contributed by atoms with Gasteiger partial charge in [-0.15, -0.1) is 0 Å². The summed E-state index contributed by atoms with van der Waals surface area (Å²) in [6.07, 6.45) is 0. The van der Waals surface area contributed by atoms with Gasteiger partial charge in [0.2, 0.25) is 5.91 Å². The van der Waals surface area contributed by atoms with Crippen LogP contribution in [0.3, 0.4) is 0 Å². The Hall–Kier alpha value is -1.88. The predicted octanol–water partition coefficient (Wildman–Crippen LogP) is 3.27. The lowest BCUT2D eigenvalue weighted by atomic mass is 10.1. The van der Waals surface area contributed by atoms with Crippen LogP contribution in [-0.2, 0) is 6.61 Å². The fourth-order valence-corrected chi connectivity index (χ4v) is 1.96. The molecule has 0 saturated carbocycles. The van der Waals surface area contributed by atoms with Gasteiger partial charge in [0, 0.05) is 11.1 Å². The second-order valence-corrected chi connectivity index (χ2v) is 4.74. The highest BCUT2D eigenvalue weighted by molar-refractivity contribution is 9.10. The first-order chi connectivity index (χ1) is 9.08. The number of halogens is 2. The van der Waals surface area contributed by atoms with Gasteiger partial charge in [-0.05, 0) is 46.3 Å². The molecule has 0 atom stereocenters. The highest BCUT2D eigenvalue weighted by atomic mass is 79.9. The zero-order valence-corrected chi connectivity index (χ0v) is 11.5. The summed E-state index contributed by atoms with van der Waals surface area (Å²) in [4.78, 5) is 11.0. The fraction of sp³-hybridized carbons (Fsp3) is 0.0714. The first kappa shape index (κ1) is 13.5. The monoisotopic (exact) mass is 323 g/mol. The van der Waals surface area contributed by atoms with E-state index in [1.165, 1.54) is 18.2 Å². The second-order valence-electron chi connectivity index (χ2n) is 3.89. The van der Waals surface area contributed by atoms with E-state index in [4.69, 9.17) is 10.5 Å².